The van der Waals surface area contributed by atoms with Crippen LogP contribution in [0.2, 0.25) is 0 Å². The fourth-order valence-electron chi connectivity index (χ4n) is 4.01. The number of benzene rings is 1. The fourth-order valence-corrected chi connectivity index (χ4v) is 4.01. The Labute approximate surface area is 185 Å². The number of fused-ring (bicyclic) bond motifs is 1. The van der Waals surface area contributed by atoms with Gasteiger partial charge in [-0.1, -0.05) is 32.4 Å². The van der Waals surface area contributed by atoms with E-state index in [4.69, 9.17) is 0 Å². The molecule has 1 aliphatic rings. The molecule has 1 aromatic heterocycles. The zero-order valence-electron chi connectivity index (χ0n) is 19.1. The van der Waals surface area contributed by atoms with E-state index in [-0.39, 0.29) is 17.9 Å². The van der Waals surface area contributed by atoms with Crippen LogP contribution in [0, 0.1) is 5.92 Å². The van der Waals surface area contributed by atoms with Crippen molar-refractivity contribution in [2.75, 3.05) is 19.6 Å². The average Bonchev–Trinajstić information content (AvgIpc) is 3.20. The molecule has 1 fully saturated rings. The van der Waals surface area contributed by atoms with Crippen molar-refractivity contribution in [3.63, 3.8) is 0 Å². The third-order valence-electron chi connectivity index (χ3n) is 5.96. The van der Waals surface area contributed by atoms with Gasteiger partial charge in [-0.2, -0.15) is 0 Å². The number of nitrogens with zero attached hydrogens (tertiary/aromatic N) is 2. The van der Waals surface area contributed by atoms with Crippen molar-refractivity contribution in [3.8, 4) is 0 Å². The van der Waals surface area contributed by atoms with E-state index in [1.807, 2.05) is 31.2 Å². The number of H-pyrrole nitrogens is 1. The van der Waals surface area contributed by atoms with E-state index in [0.717, 1.165) is 42.9 Å². The highest BCUT2D eigenvalue weighted by Crippen LogP contribution is 2.16. The summed E-state index contributed by atoms with van der Waals surface area (Å²) in [6.07, 6.45) is 5.58. The van der Waals surface area contributed by atoms with Gasteiger partial charge in [-0.15, -0.1) is 0 Å². The molecule has 0 saturated carbocycles. The summed E-state index contributed by atoms with van der Waals surface area (Å²) in [7, 11) is 0. The van der Waals surface area contributed by atoms with Crippen molar-refractivity contribution < 1.29 is 9.59 Å². The van der Waals surface area contributed by atoms with Gasteiger partial charge in [-0.05, 0) is 63.7 Å². The Morgan fingerprint density at radius 3 is 2.52 bits per heavy atom. The van der Waals surface area contributed by atoms with Gasteiger partial charge in [-0.25, -0.2) is 4.98 Å². The maximum atomic E-state index is 13.1. The van der Waals surface area contributed by atoms with Crippen molar-refractivity contribution in [2.24, 2.45) is 5.92 Å². The molecular formula is C24H37N5O2. The third kappa shape index (κ3) is 7.06. The second kappa shape index (κ2) is 11.3. The summed E-state index contributed by atoms with van der Waals surface area (Å²) in [6.45, 7) is 9.08. The monoisotopic (exact) mass is 427 g/mol. The summed E-state index contributed by atoms with van der Waals surface area (Å²) in [5, 5.41) is 6.04. The number of aromatic nitrogens is 2. The number of piperidine rings is 1. The molecule has 0 spiro atoms. The van der Waals surface area contributed by atoms with Crippen LogP contribution in [0.15, 0.2) is 24.3 Å². The molecule has 2 atom stereocenters. The Balaban J connectivity index is 1.62. The number of rotatable bonds is 10. The summed E-state index contributed by atoms with van der Waals surface area (Å²) in [5.41, 5.74) is 1.82. The van der Waals surface area contributed by atoms with Crippen LogP contribution in [0.3, 0.4) is 0 Å². The number of imidazole rings is 1. The summed E-state index contributed by atoms with van der Waals surface area (Å²) in [4.78, 5) is 35.8. The van der Waals surface area contributed by atoms with Gasteiger partial charge < -0.3 is 20.5 Å². The zero-order valence-corrected chi connectivity index (χ0v) is 19.1. The molecule has 0 unspecified atom stereocenters. The van der Waals surface area contributed by atoms with Crippen LogP contribution < -0.4 is 10.6 Å². The van der Waals surface area contributed by atoms with Crippen LogP contribution in [0.25, 0.3) is 11.0 Å². The lowest BCUT2D eigenvalue weighted by atomic mass is 10.1. The third-order valence-corrected chi connectivity index (χ3v) is 5.96. The first-order valence-corrected chi connectivity index (χ1v) is 11.7. The molecule has 0 bridgehead atoms. The normalized spacial score (nSPS) is 16.9. The van der Waals surface area contributed by atoms with Crippen LogP contribution in [-0.4, -0.2) is 52.4 Å². The highest BCUT2D eigenvalue weighted by molar-refractivity contribution is 5.87. The number of amides is 2. The van der Waals surface area contributed by atoms with Crippen LogP contribution in [0.5, 0.6) is 0 Å². The smallest absolute Gasteiger partial charge is 0.243 e. The minimum absolute atomic E-state index is 0.0520. The van der Waals surface area contributed by atoms with Gasteiger partial charge in [0.25, 0.3) is 0 Å². The van der Waals surface area contributed by atoms with Gasteiger partial charge >= 0.3 is 0 Å². The number of nitrogens with one attached hydrogen (secondary N) is 3. The molecule has 2 heterocycles. The van der Waals surface area contributed by atoms with E-state index in [0.29, 0.717) is 18.8 Å². The van der Waals surface area contributed by atoms with E-state index in [1.165, 1.54) is 19.3 Å². The maximum absolute atomic E-state index is 13.1. The summed E-state index contributed by atoms with van der Waals surface area (Å²) >= 11 is 0. The molecule has 3 N–H and O–H groups in total. The first kappa shape index (κ1) is 23.3. The SMILES string of the molecule is CC(C)CCC(=O)N[C@@H](CCN1CCCCC1)C(=O)N[C@@H](C)c1nc2ccccc2[nH]1. The quantitative estimate of drug-likeness (QED) is 0.541. The molecule has 0 radical (unpaired) electrons. The minimum Gasteiger partial charge on any atom is -0.345 e. The lowest BCUT2D eigenvalue weighted by molar-refractivity contribution is -0.129. The Bertz CT molecular complexity index is 824. The van der Waals surface area contributed by atoms with Crippen molar-refractivity contribution in [1.29, 1.82) is 0 Å². The van der Waals surface area contributed by atoms with Gasteiger partial charge in [-0.3, -0.25) is 9.59 Å². The molecule has 3 rings (SSSR count). The molecule has 7 heteroatoms. The second-order valence-corrected chi connectivity index (χ2v) is 9.11. The van der Waals surface area contributed by atoms with Crippen molar-refractivity contribution in [1.82, 2.24) is 25.5 Å². The first-order chi connectivity index (χ1) is 14.9. The zero-order chi connectivity index (χ0) is 22.2. The first-order valence-electron chi connectivity index (χ1n) is 11.7. The molecule has 0 aliphatic carbocycles. The molecule has 2 aromatic rings. The molecule has 1 aliphatic heterocycles. The molecule has 1 aromatic carbocycles. The second-order valence-electron chi connectivity index (χ2n) is 9.11. The van der Waals surface area contributed by atoms with Gasteiger partial charge in [0.15, 0.2) is 0 Å². The minimum atomic E-state index is -0.534. The highest BCUT2D eigenvalue weighted by Gasteiger charge is 2.24. The van der Waals surface area contributed by atoms with Gasteiger partial charge in [0.1, 0.15) is 11.9 Å². The lowest BCUT2D eigenvalue weighted by Crippen LogP contribution is -2.49. The van der Waals surface area contributed by atoms with Crippen LogP contribution in [0.4, 0.5) is 0 Å². The van der Waals surface area contributed by atoms with E-state index in [9.17, 15) is 9.59 Å². The number of likely N-dealkylation sites (tertiary alicyclic amines) is 1. The average molecular weight is 428 g/mol. The Hall–Kier alpha value is -2.41. The van der Waals surface area contributed by atoms with E-state index in [1.54, 1.807) is 0 Å². The van der Waals surface area contributed by atoms with Crippen LogP contribution >= 0.6 is 0 Å². The number of hydrogen-bond donors (Lipinski definition) is 3. The topological polar surface area (TPSA) is 90.1 Å². The maximum Gasteiger partial charge on any atom is 0.243 e. The Kier molecular flexibility index (Phi) is 8.46. The Morgan fingerprint density at radius 1 is 1.06 bits per heavy atom. The van der Waals surface area contributed by atoms with Gasteiger partial charge in [0.05, 0.1) is 17.1 Å². The van der Waals surface area contributed by atoms with Gasteiger partial charge in [0, 0.05) is 13.0 Å². The van der Waals surface area contributed by atoms with Crippen LogP contribution in [0.1, 0.15) is 71.2 Å². The molecular weight excluding hydrogens is 390 g/mol. The van der Waals surface area contributed by atoms with E-state index in [2.05, 4.69) is 39.3 Å². The number of aromatic amines is 1. The summed E-state index contributed by atoms with van der Waals surface area (Å²) in [6, 6.07) is 7.01. The predicted molar refractivity (Wildman–Crippen MR) is 124 cm³/mol. The predicted octanol–water partition coefficient (Wildman–Crippen LogP) is 3.54. The number of hydrogen-bond acceptors (Lipinski definition) is 4. The standard InChI is InChI=1S/C24H37N5O2/c1-17(2)11-12-22(30)26-21(13-16-29-14-7-4-8-15-29)24(31)25-18(3)23-27-19-9-5-6-10-20(19)28-23/h5-6,9-10,17-18,21H,4,7-8,11-16H2,1-3H3,(H,25,31)(H,26,30)(H,27,28)/t18-,21-/m0/s1. The highest BCUT2D eigenvalue weighted by atomic mass is 16.2. The fraction of sp³-hybridized carbons (Fsp3) is 0.625. The Morgan fingerprint density at radius 2 is 1.81 bits per heavy atom. The molecule has 2 amide bonds. The van der Waals surface area contributed by atoms with E-state index >= 15 is 0 Å². The lowest BCUT2D eigenvalue weighted by Gasteiger charge is -2.28. The molecule has 31 heavy (non-hydrogen) atoms. The number of carbonyl (C=O) groups excluding carboxylic acids is 2. The largest absolute Gasteiger partial charge is 0.345 e. The molecule has 170 valence electrons. The van der Waals surface area contributed by atoms with Crippen LogP contribution in [-0.2, 0) is 9.59 Å². The van der Waals surface area contributed by atoms with Crippen molar-refractivity contribution in [3.05, 3.63) is 30.1 Å². The molecule has 7 nitrogen and oxygen atoms in total. The van der Waals surface area contributed by atoms with Crippen molar-refractivity contribution >= 4 is 22.8 Å². The number of carbonyl (C=O) groups is 2. The van der Waals surface area contributed by atoms with Crippen molar-refractivity contribution in [2.45, 2.75) is 71.4 Å². The summed E-state index contributed by atoms with van der Waals surface area (Å²) < 4.78 is 0. The summed E-state index contributed by atoms with van der Waals surface area (Å²) in [5.74, 6) is 0.974. The molecule has 1 saturated heterocycles. The van der Waals surface area contributed by atoms with E-state index < -0.39 is 6.04 Å². The van der Waals surface area contributed by atoms with Gasteiger partial charge in [0.2, 0.25) is 11.8 Å². The number of para-hydroxylation sites is 2.